The standard InChI is InChI=1S/C35H53N3O7/c1-4-21(2)32(41)45-34(3)10-5-9-27(26-17-30(36)37-20-25(26)16-31(40)38-11-7-12-38)35(34)19-24-15-23-14-22(8-6-13-39)33(42)43-28(23)18-29(24)44-35/h4-5,9,22-30,37,39H,6-8,10-20,36H2,1-3H3/t22?,23?,24?,25?,26?,27-,28?,29?,30?,34-,35-/m0/s1. The number of nitrogens with one attached hydrogen (secondary N) is 1. The molecule has 45 heavy (non-hydrogen) atoms. The fraction of sp³-hybridized carbons (Fsp3) is 0.800. The summed E-state index contributed by atoms with van der Waals surface area (Å²) in [7, 11) is 0. The summed E-state index contributed by atoms with van der Waals surface area (Å²) in [5.74, 6) is 0.0281. The van der Waals surface area contributed by atoms with Crippen LogP contribution in [0.5, 0.6) is 0 Å². The number of carbonyl (C=O) groups excluding carboxylic acids is 3. The molecule has 1 spiro atoms. The molecule has 10 heteroatoms. The van der Waals surface area contributed by atoms with E-state index in [2.05, 4.69) is 17.5 Å². The molecule has 2 aliphatic carbocycles. The number of amides is 1. The van der Waals surface area contributed by atoms with Gasteiger partial charge in [0, 0.05) is 57.0 Å². The highest BCUT2D eigenvalue weighted by atomic mass is 16.6. The Kier molecular flexibility index (Phi) is 9.50. The summed E-state index contributed by atoms with van der Waals surface area (Å²) in [6.45, 7) is 8.03. The van der Waals surface area contributed by atoms with E-state index >= 15 is 0 Å². The molecule has 5 fully saturated rings. The van der Waals surface area contributed by atoms with Gasteiger partial charge < -0.3 is 35.3 Å². The van der Waals surface area contributed by atoms with Crippen LogP contribution < -0.4 is 11.1 Å². The minimum Gasteiger partial charge on any atom is -0.462 e. The number of hydrogen-bond donors (Lipinski definition) is 3. The highest BCUT2D eigenvalue weighted by Crippen LogP contribution is 2.60. The number of hydrogen-bond acceptors (Lipinski definition) is 9. The van der Waals surface area contributed by atoms with Crippen molar-refractivity contribution in [2.24, 2.45) is 41.2 Å². The van der Waals surface area contributed by atoms with Gasteiger partial charge in [0.1, 0.15) is 17.3 Å². The molecule has 0 aromatic heterocycles. The number of nitrogens with zero attached hydrogens (tertiary/aromatic N) is 1. The lowest BCUT2D eigenvalue weighted by Gasteiger charge is -2.55. The van der Waals surface area contributed by atoms with E-state index in [0.717, 1.165) is 38.8 Å². The quantitative estimate of drug-likeness (QED) is 0.210. The first-order chi connectivity index (χ1) is 21.6. The van der Waals surface area contributed by atoms with Gasteiger partial charge in [0.15, 0.2) is 0 Å². The van der Waals surface area contributed by atoms with Crippen molar-refractivity contribution in [3.8, 4) is 0 Å². The second kappa shape index (κ2) is 13.1. The number of ether oxygens (including phenoxy) is 3. The Balaban J connectivity index is 1.32. The number of piperidine rings is 1. The van der Waals surface area contributed by atoms with Crippen LogP contribution in [-0.4, -0.2) is 83.7 Å². The van der Waals surface area contributed by atoms with Gasteiger partial charge in [-0.2, -0.15) is 0 Å². The first-order valence-corrected chi connectivity index (χ1v) is 17.4. The zero-order chi connectivity index (χ0) is 31.9. The molecule has 1 saturated carbocycles. The van der Waals surface area contributed by atoms with E-state index in [1.165, 1.54) is 0 Å². The summed E-state index contributed by atoms with van der Waals surface area (Å²) in [4.78, 5) is 41.5. The molecule has 8 unspecified atom stereocenters. The van der Waals surface area contributed by atoms with Crippen LogP contribution in [0.15, 0.2) is 23.8 Å². The third-order valence-electron chi connectivity index (χ3n) is 12.2. The third-order valence-corrected chi connectivity index (χ3v) is 12.2. The van der Waals surface area contributed by atoms with Gasteiger partial charge in [0.25, 0.3) is 0 Å². The Hall–Kier alpha value is -2.27. The Morgan fingerprint density at radius 1 is 1.20 bits per heavy atom. The molecule has 1 amide bonds. The molecule has 10 nitrogen and oxygen atoms in total. The number of esters is 2. The number of nitrogens with two attached hydrogens (primary N) is 1. The van der Waals surface area contributed by atoms with Gasteiger partial charge in [0.05, 0.1) is 18.2 Å². The van der Waals surface area contributed by atoms with Gasteiger partial charge in [-0.15, -0.1) is 0 Å². The van der Waals surface area contributed by atoms with Crippen LogP contribution in [0.3, 0.4) is 0 Å². The lowest BCUT2D eigenvalue weighted by atomic mass is 9.58. The molecule has 11 atom stereocenters. The zero-order valence-corrected chi connectivity index (χ0v) is 27.2. The number of allylic oxidation sites excluding steroid dienone is 1. The van der Waals surface area contributed by atoms with Crippen LogP contribution in [-0.2, 0) is 28.6 Å². The molecule has 4 aliphatic heterocycles. The van der Waals surface area contributed by atoms with Crippen molar-refractivity contribution in [2.75, 3.05) is 26.2 Å². The summed E-state index contributed by atoms with van der Waals surface area (Å²) in [6, 6.07) is 0. The maximum Gasteiger partial charge on any atom is 0.334 e. The molecular formula is C35H53N3O7. The van der Waals surface area contributed by atoms with Crippen LogP contribution in [0.25, 0.3) is 0 Å². The predicted octanol–water partition coefficient (Wildman–Crippen LogP) is 3.22. The maximum absolute atomic E-state index is 13.4. The average Bonchev–Trinajstić information content (AvgIpc) is 3.35. The van der Waals surface area contributed by atoms with E-state index in [0.29, 0.717) is 50.6 Å². The van der Waals surface area contributed by atoms with Crippen LogP contribution in [0.1, 0.15) is 85.0 Å². The average molecular weight is 628 g/mol. The Bertz CT molecular complexity index is 1200. The van der Waals surface area contributed by atoms with Crippen LogP contribution in [0.4, 0.5) is 0 Å². The monoisotopic (exact) mass is 627 g/mol. The molecule has 0 aromatic rings. The van der Waals surface area contributed by atoms with E-state index in [-0.39, 0.29) is 78.3 Å². The molecule has 4 saturated heterocycles. The second-order valence-corrected chi connectivity index (χ2v) is 14.9. The second-order valence-electron chi connectivity index (χ2n) is 14.9. The van der Waals surface area contributed by atoms with Crippen molar-refractivity contribution in [1.82, 2.24) is 10.2 Å². The van der Waals surface area contributed by atoms with E-state index in [1.54, 1.807) is 13.0 Å². The molecule has 0 aromatic carbocycles. The summed E-state index contributed by atoms with van der Waals surface area (Å²) < 4.78 is 19.8. The minimum absolute atomic E-state index is 0.0620. The molecule has 6 aliphatic rings. The topological polar surface area (TPSA) is 140 Å². The lowest BCUT2D eigenvalue weighted by Crippen LogP contribution is -2.64. The Labute approximate surface area is 267 Å². The summed E-state index contributed by atoms with van der Waals surface area (Å²) in [5.41, 5.74) is 5.36. The molecule has 0 bridgehead atoms. The van der Waals surface area contributed by atoms with Crippen molar-refractivity contribution >= 4 is 17.8 Å². The van der Waals surface area contributed by atoms with Crippen molar-refractivity contribution in [3.63, 3.8) is 0 Å². The predicted molar refractivity (Wildman–Crippen MR) is 167 cm³/mol. The van der Waals surface area contributed by atoms with E-state index < -0.39 is 11.2 Å². The van der Waals surface area contributed by atoms with E-state index in [9.17, 15) is 19.5 Å². The molecule has 0 radical (unpaired) electrons. The molecule has 4 N–H and O–H groups in total. The molecule has 250 valence electrons. The fourth-order valence-corrected chi connectivity index (χ4v) is 9.35. The van der Waals surface area contributed by atoms with Crippen LogP contribution >= 0.6 is 0 Å². The Morgan fingerprint density at radius 3 is 2.71 bits per heavy atom. The van der Waals surface area contributed by atoms with E-state index in [4.69, 9.17) is 19.9 Å². The highest BCUT2D eigenvalue weighted by Gasteiger charge is 2.66. The highest BCUT2D eigenvalue weighted by molar-refractivity contribution is 5.88. The van der Waals surface area contributed by atoms with E-state index in [1.807, 2.05) is 18.7 Å². The van der Waals surface area contributed by atoms with Gasteiger partial charge in [-0.25, -0.2) is 4.79 Å². The van der Waals surface area contributed by atoms with Gasteiger partial charge in [-0.05, 0) is 89.4 Å². The van der Waals surface area contributed by atoms with Crippen molar-refractivity contribution in [2.45, 2.75) is 115 Å². The molecular weight excluding hydrogens is 574 g/mol. The van der Waals surface area contributed by atoms with Gasteiger partial charge in [-0.3, -0.25) is 9.59 Å². The number of aliphatic hydroxyl groups is 1. The SMILES string of the molecule is CC=C(C)C(=O)O[C@@]1(C)CC=C[C@@H](C2CC(N)NCC2CC(=O)N2CCC2)[C@@]12CC1CC3CC(CCCO)C(=O)OC3CC1O2. The zero-order valence-electron chi connectivity index (χ0n) is 27.2. The third kappa shape index (κ3) is 6.12. The number of aliphatic hydroxyl groups excluding tert-OH is 1. The fourth-order valence-electron chi connectivity index (χ4n) is 9.35. The smallest absolute Gasteiger partial charge is 0.334 e. The number of likely N-dealkylation sites (tertiary alicyclic amines) is 1. The summed E-state index contributed by atoms with van der Waals surface area (Å²) >= 11 is 0. The minimum atomic E-state index is -0.933. The summed E-state index contributed by atoms with van der Waals surface area (Å²) in [6.07, 6.45) is 12.7. The first kappa shape index (κ1) is 32.7. The molecule has 6 rings (SSSR count). The number of fused-ring (bicyclic) bond motifs is 2. The first-order valence-electron chi connectivity index (χ1n) is 17.4. The summed E-state index contributed by atoms with van der Waals surface area (Å²) in [5, 5.41) is 12.8. The van der Waals surface area contributed by atoms with Crippen LogP contribution in [0.2, 0.25) is 0 Å². The van der Waals surface area contributed by atoms with Crippen molar-refractivity contribution in [3.05, 3.63) is 23.8 Å². The lowest BCUT2D eigenvalue weighted by molar-refractivity contribution is -0.228. The van der Waals surface area contributed by atoms with Gasteiger partial charge >= 0.3 is 11.9 Å². The van der Waals surface area contributed by atoms with Gasteiger partial charge in [-0.1, -0.05) is 18.2 Å². The van der Waals surface area contributed by atoms with Crippen LogP contribution in [0, 0.1) is 35.5 Å². The molecule has 4 heterocycles. The van der Waals surface area contributed by atoms with Gasteiger partial charge in [0.2, 0.25) is 5.91 Å². The maximum atomic E-state index is 13.4. The number of rotatable bonds is 8. The number of carbonyl (C=O) groups is 3. The van der Waals surface area contributed by atoms with Crippen molar-refractivity contribution in [1.29, 1.82) is 0 Å². The van der Waals surface area contributed by atoms with Crippen molar-refractivity contribution < 1.29 is 33.7 Å². The Morgan fingerprint density at radius 2 is 2.00 bits per heavy atom. The largest absolute Gasteiger partial charge is 0.462 e. The normalized spacial score (nSPS) is 42.9.